The number of benzene rings is 1. The highest BCUT2D eigenvalue weighted by Gasteiger charge is 2.32. The highest BCUT2D eigenvalue weighted by molar-refractivity contribution is 9.10. The fourth-order valence-electron chi connectivity index (χ4n) is 1.87. The molecule has 82 valence electrons. The van der Waals surface area contributed by atoms with Gasteiger partial charge in [0, 0.05) is 10.9 Å². The minimum atomic E-state index is -1.25. The quantitative estimate of drug-likeness (QED) is 0.704. The maximum atomic E-state index is 13.8. The van der Waals surface area contributed by atoms with Crippen LogP contribution in [0.25, 0.3) is 0 Å². The van der Waals surface area contributed by atoms with E-state index in [2.05, 4.69) is 31.9 Å². The van der Waals surface area contributed by atoms with Crippen LogP contribution in [0.2, 0.25) is 0 Å². The summed E-state index contributed by atoms with van der Waals surface area (Å²) in [4.78, 5) is 0. The summed E-state index contributed by atoms with van der Waals surface area (Å²) in [6.07, 6.45) is 1.67. The number of hydrogen-bond donors (Lipinski definition) is 0. The molecule has 0 saturated carbocycles. The third-order valence-electron chi connectivity index (χ3n) is 2.69. The Morgan fingerprint density at radius 3 is 2.87 bits per heavy atom. The summed E-state index contributed by atoms with van der Waals surface area (Å²) >= 11 is 6.57. The second-order valence-corrected chi connectivity index (χ2v) is 6.06. The predicted molar refractivity (Wildman–Crippen MR) is 65.5 cm³/mol. The Morgan fingerprint density at radius 1 is 1.47 bits per heavy atom. The third kappa shape index (κ3) is 2.36. The second-order valence-electron chi connectivity index (χ2n) is 3.78. The molecule has 1 aliphatic rings. The Bertz CT molecular complexity index is 390. The van der Waals surface area contributed by atoms with Crippen LogP contribution in [0.4, 0.5) is 4.39 Å². The van der Waals surface area contributed by atoms with E-state index in [0.29, 0.717) is 12.8 Å². The first-order valence-corrected chi connectivity index (χ1v) is 6.33. The van der Waals surface area contributed by atoms with E-state index in [4.69, 9.17) is 4.74 Å². The van der Waals surface area contributed by atoms with Crippen molar-refractivity contribution in [2.45, 2.75) is 23.8 Å². The number of halogens is 3. The van der Waals surface area contributed by atoms with Gasteiger partial charge in [-0.2, -0.15) is 0 Å². The summed E-state index contributed by atoms with van der Waals surface area (Å²) in [5, 5.41) is 0. The molecule has 0 heterocycles. The van der Waals surface area contributed by atoms with Gasteiger partial charge in [-0.25, -0.2) is 4.39 Å². The van der Waals surface area contributed by atoms with Gasteiger partial charge in [-0.1, -0.05) is 15.9 Å². The van der Waals surface area contributed by atoms with Gasteiger partial charge in [0.1, 0.15) is 5.75 Å². The van der Waals surface area contributed by atoms with Crippen molar-refractivity contribution in [2.75, 3.05) is 7.11 Å². The zero-order chi connectivity index (χ0) is 11.1. The highest BCUT2D eigenvalue weighted by atomic mass is 79.9. The number of aryl methyl sites for hydroxylation is 1. The average molecular weight is 338 g/mol. The minimum absolute atomic E-state index is 0.410. The maximum Gasteiger partial charge on any atom is 0.169 e. The summed E-state index contributed by atoms with van der Waals surface area (Å²) in [7, 11) is 1.64. The fraction of sp³-hybridized carbons (Fsp3) is 0.455. The maximum absolute atomic E-state index is 13.8. The first-order chi connectivity index (χ1) is 7.02. The summed E-state index contributed by atoms with van der Waals surface area (Å²) < 4.78 is 18.6. The molecule has 1 nitrogen and oxygen atoms in total. The molecule has 0 N–H and O–H groups in total. The van der Waals surface area contributed by atoms with E-state index in [9.17, 15) is 4.39 Å². The van der Waals surface area contributed by atoms with E-state index >= 15 is 0 Å². The van der Waals surface area contributed by atoms with Crippen molar-refractivity contribution in [3.8, 4) is 5.75 Å². The molecule has 0 spiro atoms. The lowest BCUT2D eigenvalue weighted by Gasteiger charge is -2.27. The lowest BCUT2D eigenvalue weighted by molar-refractivity contribution is 0.267. The van der Waals surface area contributed by atoms with Gasteiger partial charge >= 0.3 is 0 Å². The molecular weight excluding hydrogens is 327 g/mol. The molecule has 4 heteroatoms. The van der Waals surface area contributed by atoms with Crippen LogP contribution in [-0.2, 0) is 12.8 Å². The highest BCUT2D eigenvalue weighted by Crippen LogP contribution is 2.40. The van der Waals surface area contributed by atoms with Crippen molar-refractivity contribution in [1.29, 1.82) is 0 Å². The number of ether oxygens (including phenoxy) is 1. The molecule has 1 atom stereocenters. The lowest BCUT2D eigenvalue weighted by atomic mass is 9.90. The molecule has 1 aromatic rings. The van der Waals surface area contributed by atoms with Crippen LogP contribution in [0, 0.1) is 0 Å². The number of fused-ring (bicyclic) bond motifs is 1. The largest absolute Gasteiger partial charge is 0.497 e. The molecule has 0 fully saturated rings. The smallest absolute Gasteiger partial charge is 0.169 e. The summed E-state index contributed by atoms with van der Waals surface area (Å²) in [5.41, 5.74) is 2.22. The van der Waals surface area contributed by atoms with Crippen molar-refractivity contribution < 1.29 is 9.13 Å². The van der Waals surface area contributed by atoms with Crippen molar-refractivity contribution in [3.63, 3.8) is 0 Å². The van der Waals surface area contributed by atoms with Gasteiger partial charge in [-0.15, -0.1) is 0 Å². The van der Waals surface area contributed by atoms with E-state index in [0.717, 1.165) is 22.2 Å². The van der Waals surface area contributed by atoms with Crippen LogP contribution in [0.3, 0.4) is 0 Å². The molecule has 0 aromatic heterocycles. The normalized spacial score (nSPS) is 24.8. The van der Waals surface area contributed by atoms with Crippen molar-refractivity contribution in [1.82, 2.24) is 0 Å². The van der Waals surface area contributed by atoms with Crippen molar-refractivity contribution >= 4 is 31.9 Å². The molecular formula is C11H11Br2FO. The topological polar surface area (TPSA) is 9.23 Å². The van der Waals surface area contributed by atoms with Crippen LogP contribution in [0.5, 0.6) is 5.75 Å². The zero-order valence-corrected chi connectivity index (χ0v) is 11.5. The van der Waals surface area contributed by atoms with Crippen LogP contribution >= 0.6 is 31.9 Å². The first-order valence-electron chi connectivity index (χ1n) is 4.75. The standard InChI is InChI=1S/C11H11Br2FO/c1-15-8-4-7-2-3-11(13,14)6-9(7)10(12)5-8/h4-5H,2-3,6H2,1H3. The van der Waals surface area contributed by atoms with Gasteiger partial charge in [-0.3, -0.25) is 0 Å². The van der Waals surface area contributed by atoms with Crippen molar-refractivity contribution in [3.05, 3.63) is 27.7 Å². The van der Waals surface area contributed by atoms with E-state index in [1.54, 1.807) is 7.11 Å². The summed E-state index contributed by atoms with van der Waals surface area (Å²) in [6.45, 7) is 0. The van der Waals surface area contributed by atoms with Crippen LogP contribution < -0.4 is 4.74 Å². The Hall–Kier alpha value is -0.0900. The number of hydrogen-bond acceptors (Lipinski definition) is 1. The van der Waals surface area contributed by atoms with Gasteiger partial charge in [0.25, 0.3) is 0 Å². The Balaban J connectivity index is 2.44. The summed E-state index contributed by atoms with van der Waals surface area (Å²) in [6, 6.07) is 3.87. The van der Waals surface area contributed by atoms with Crippen molar-refractivity contribution in [2.24, 2.45) is 0 Å². The fourth-order valence-corrected chi connectivity index (χ4v) is 2.97. The Kier molecular flexibility index (Phi) is 3.08. The van der Waals surface area contributed by atoms with E-state index in [1.165, 1.54) is 5.56 Å². The molecule has 0 bridgehead atoms. The van der Waals surface area contributed by atoms with Crippen LogP contribution in [0.1, 0.15) is 17.5 Å². The molecule has 1 unspecified atom stereocenters. The first kappa shape index (κ1) is 11.4. The van der Waals surface area contributed by atoms with E-state index in [-0.39, 0.29) is 0 Å². The number of methoxy groups -OCH3 is 1. The second kappa shape index (κ2) is 4.06. The van der Waals surface area contributed by atoms with Gasteiger partial charge in [0.15, 0.2) is 4.58 Å². The molecule has 0 amide bonds. The van der Waals surface area contributed by atoms with E-state index < -0.39 is 4.58 Å². The Labute approximate surface area is 105 Å². The minimum Gasteiger partial charge on any atom is -0.497 e. The molecule has 0 saturated heterocycles. The van der Waals surface area contributed by atoms with Gasteiger partial charge in [0.2, 0.25) is 0 Å². The summed E-state index contributed by atoms with van der Waals surface area (Å²) in [5.74, 6) is 0.821. The van der Waals surface area contributed by atoms with Gasteiger partial charge in [-0.05, 0) is 52.0 Å². The van der Waals surface area contributed by atoms with E-state index in [1.807, 2.05) is 12.1 Å². The number of alkyl halides is 2. The third-order valence-corrected chi connectivity index (χ3v) is 4.08. The molecule has 1 aliphatic carbocycles. The molecule has 2 rings (SSSR count). The lowest BCUT2D eigenvalue weighted by Crippen LogP contribution is -2.24. The average Bonchev–Trinajstić information content (AvgIpc) is 2.18. The van der Waals surface area contributed by atoms with Gasteiger partial charge < -0.3 is 4.74 Å². The van der Waals surface area contributed by atoms with Crippen LogP contribution in [0.15, 0.2) is 16.6 Å². The predicted octanol–water partition coefficient (Wildman–Crippen LogP) is 4.01. The Morgan fingerprint density at radius 2 is 2.20 bits per heavy atom. The van der Waals surface area contributed by atoms with Crippen LogP contribution in [-0.4, -0.2) is 11.7 Å². The molecule has 0 aliphatic heterocycles. The molecule has 15 heavy (non-hydrogen) atoms. The zero-order valence-electron chi connectivity index (χ0n) is 8.32. The molecule has 0 radical (unpaired) electrons. The number of rotatable bonds is 1. The van der Waals surface area contributed by atoms with Gasteiger partial charge in [0.05, 0.1) is 7.11 Å². The SMILES string of the molecule is COc1cc(Br)c2c(c1)CCC(F)(Br)C2. The monoisotopic (exact) mass is 336 g/mol. The molecule has 1 aromatic carbocycles.